The maximum atomic E-state index is 6.26. The standard InChI is InChI=1S/C34H22BrNO/c35-31-20-21-32(28-11-5-4-10-27(28)31)36(25-16-14-24(15-17-25)23-8-2-1-3-9-23)26-18-19-30-29-12-6-7-13-33(29)37-34(30)22-26/h1-22H. The Kier molecular flexibility index (Phi) is 5.30. The Hall–Kier alpha value is -4.34. The van der Waals surface area contributed by atoms with Gasteiger partial charge >= 0.3 is 0 Å². The molecule has 176 valence electrons. The lowest BCUT2D eigenvalue weighted by molar-refractivity contribution is 0.669. The molecule has 0 bridgehead atoms. The molecule has 3 heteroatoms. The van der Waals surface area contributed by atoms with E-state index in [-0.39, 0.29) is 0 Å². The minimum Gasteiger partial charge on any atom is -0.456 e. The highest BCUT2D eigenvalue weighted by Gasteiger charge is 2.18. The Bertz CT molecular complexity index is 1890. The van der Waals surface area contributed by atoms with Gasteiger partial charge in [0.25, 0.3) is 0 Å². The normalized spacial score (nSPS) is 11.4. The quantitative estimate of drug-likeness (QED) is 0.221. The van der Waals surface area contributed by atoms with Crippen LogP contribution in [0.2, 0.25) is 0 Å². The number of halogens is 1. The number of furan rings is 1. The average Bonchev–Trinajstić information content (AvgIpc) is 3.33. The van der Waals surface area contributed by atoms with E-state index in [1.165, 1.54) is 21.9 Å². The molecule has 0 amide bonds. The highest BCUT2D eigenvalue weighted by Crippen LogP contribution is 2.43. The van der Waals surface area contributed by atoms with Crippen LogP contribution in [0.3, 0.4) is 0 Å². The molecule has 37 heavy (non-hydrogen) atoms. The fraction of sp³-hybridized carbons (Fsp3) is 0. The Morgan fingerprint density at radius 1 is 0.459 bits per heavy atom. The maximum Gasteiger partial charge on any atom is 0.137 e. The van der Waals surface area contributed by atoms with Crippen LogP contribution in [0.25, 0.3) is 43.8 Å². The van der Waals surface area contributed by atoms with Gasteiger partial charge in [-0.3, -0.25) is 0 Å². The molecular formula is C34H22BrNO. The number of hydrogen-bond acceptors (Lipinski definition) is 2. The maximum absolute atomic E-state index is 6.26. The molecule has 0 aliphatic rings. The zero-order chi connectivity index (χ0) is 24.8. The van der Waals surface area contributed by atoms with Crippen molar-refractivity contribution in [3.63, 3.8) is 0 Å². The van der Waals surface area contributed by atoms with Crippen LogP contribution in [0, 0.1) is 0 Å². The van der Waals surface area contributed by atoms with Crippen LogP contribution in [0.4, 0.5) is 17.1 Å². The minimum absolute atomic E-state index is 0.881. The first-order valence-electron chi connectivity index (χ1n) is 12.3. The molecule has 7 rings (SSSR count). The molecule has 0 radical (unpaired) electrons. The van der Waals surface area contributed by atoms with Crippen molar-refractivity contribution in [1.29, 1.82) is 0 Å². The van der Waals surface area contributed by atoms with Crippen LogP contribution in [0.15, 0.2) is 142 Å². The van der Waals surface area contributed by atoms with Gasteiger partial charge in [0.05, 0.1) is 5.69 Å². The van der Waals surface area contributed by atoms with E-state index in [9.17, 15) is 0 Å². The van der Waals surface area contributed by atoms with Crippen molar-refractivity contribution in [2.24, 2.45) is 0 Å². The summed E-state index contributed by atoms with van der Waals surface area (Å²) in [6, 6.07) is 46.8. The van der Waals surface area contributed by atoms with Gasteiger partial charge in [-0.2, -0.15) is 0 Å². The zero-order valence-electron chi connectivity index (χ0n) is 19.9. The molecule has 2 nitrogen and oxygen atoms in total. The first kappa shape index (κ1) is 21.9. The molecule has 0 atom stereocenters. The Morgan fingerprint density at radius 3 is 1.89 bits per heavy atom. The molecule has 6 aromatic carbocycles. The summed E-state index contributed by atoms with van der Waals surface area (Å²) in [6.45, 7) is 0. The Balaban J connectivity index is 1.44. The molecule has 0 N–H and O–H groups in total. The Labute approximate surface area is 223 Å². The van der Waals surface area contributed by atoms with Gasteiger partial charge < -0.3 is 9.32 Å². The van der Waals surface area contributed by atoms with E-state index in [2.05, 4.69) is 136 Å². The van der Waals surface area contributed by atoms with Gasteiger partial charge in [0.1, 0.15) is 11.2 Å². The van der Waals surface area contributed by atoms with Crippen molar-refractivity contribution < 1.29 is 4.42 Å². The van der Waals surface area contributed by atoms with Gasteiger partial charge in [-0.05, 0) is 59.0 Å². The second-order valence-corrected chi connectivity index (χ2v) is 9.99. The SMILES string of the molecule is Brc1ccc(N(c2ccc(-c3ccccc3)cc2)c2ccc3c(c2)oc2ccccc23)c2ccccc12. The van der Waals surface area contributed by atoms with E-state index in [1.807, 2.05) is 18.2 Å². The number of para-hydroxylation sites is 1. The molecule has 1 heterocycles. The third kappa shape index (κ3) is 3.80. The van der Waals surface area contributed by atoms with Gasteiger partial charge in [0.2, 0.25) is 0 Å². The molecule has 7 aromatic rings. The van der Waals surface area contributed by atoms with E-state index in [0.717, 1.165) is 43.5 Å². The van der Waals surface area contributed by atoms with Crippen LogP contribution in [-0.2, 0) is 0 Å². The number of hydrogen-bond donors (Lipinski definition) is 0. The summed E-state index contributed by atoms with van der Waals surface area (Å²) in [5.41, 5.74) is 7.43. The monoisotopic (exact) mass is 539 g/mol. The third-order valence-corrected chi connectivity index (χ3v) is 7.63. The van der Waals surface area contributed by atoms with Crippen LogP contribution in [-0.4, -0.2) is 0 Å². The summed E-state index contributed by atoms with van der Waals surface area (Å²) < 4.78 is 7.35. The molecule has 0 unspecified atom stereocenters. The van der Waals surface area contributed by atoms with Gasteiger partial charge in [0.15, 0.2) is 0 Å². The number of anilines is 3. The molecule has 0 aliphatic carbocycles. The average molecular weight is 540 g/mol. The lowest BCUT2D eigenvalue weighted by Crippen LogP contribution is -2.10. The first-order valence-corrected chi connectivity index (χ1v) is 13.1. The van der Waals surface area contributed by atoms with Crippen LogP contribution in [0.1, 0.15) is 0 Å². The highest BCUT2D eigenvalue weighted by molar-refractivity contribution is 9.10. The van der Waals surface area contributed by atoms with Crippen molar-refractivity contribution in [3.05, 3.63) is 138 Å². The van der Waals surface area contributed by atoms with Crippen LogP contribution in [0.5, 0.6) is 0 Å². The molecule has 0 saturated carbocycles. The van der Waals surface area contributed by atoms with Crippen molar-refractivity contribution >= 4 is 65.7 Å². The number of nitrogens with zero attached hydrogens (tertiary/aromatic N) is 1. The lowest BCUT2D eigenvalue weighted by atomic mass is 10.0. The topological polar surface area (TPSA) is 16.4 Å². The molecular weight excluding hydrogens is 518 g/mol. The second kappa shape index (κ2) is 8.95. The largest absolute Gasteiger partial charge is 0.456 e. The molecule has 0 spiro atoms. The predicted octanol–water partition coefficient (Wildman–Crippen LogP) is 10.6. The van der Waals surface area contributed by atoms with Gasteiger partial charge in [0, 0.05) is 38.1 Å². The van der Waals surface area contributed by atoms with E-state index >= 15 is 0 Å². The van der Waals surface area contributed by atoms with Gasteiger partial charge in [-0.1, -0.05) is 101 Å². The van der Waals surface area contributed by atoms with E-state index in [4.69, 9.17) is 4.42 Å². The van der Waals surface area contributed by atoms with E-state index in [0.29, 0.717) is 0 Å². The summed E-state index contributed by atoms with van der Waals surface area (Å²) in [5, 5.41) is 4.61. The Morgan fingerprint density at radius 2 is 1.08 bits per heavy atom. The van der Waals surface area contributed by atoms with Crippen molar-refractivity contribution in [3.8, 4) is 11.1 Å². The molecule has 0 fully saturated rings. The summed E-state index contributed by atoms with van der Waals surface area (Å²) in [6.07, 6.45) is 0. The van der Waals surface area contributed by atoms with E-state index in [1.54, 1.807) is 0 Å². The number of benzene rings is 6. The third-order valence-electron chi connectivity index (χ3n) is 6.94. The van der Waals surface area contributed by atoms with Crippen molar-refractivity contribution in [1.82, 2.24) is 0 Å². The second-order valence-electron chi connectivity index (χ2n) is 9.14. The van der Waals surface area contributed by atoms with E-state index < -0.39 is 0 Å². The summed E-state index contributed by atoms with van der Waals surface area (Å²) in [5.74, 6) is 0. The van der Waals surface area contributed by atoms with Crippen molar-refractivity contribution in [2.45, 2.75) is 0 Å². The molecule has 1 aromatic heterocycles. The minimum atomic E-state index is 0.881. The lowest BCUT2D eigenvalue weighted by Gasteiger charge is -2.27. The van der Waals surface area contributed by atoms with Gasteiger partial charge in [-0.25, -0.2) is 0 Å². The molecule has 0 saturated heterocycles. The van der Waals surface area contributed by atoms with Crippen molar-refractivity contribution in [2.75, 3.05) is 4.90 Å². The molecule has 0 aliphatic heterocycles. The summed E-state index contributed by atoms with van der Waals surface area (Å²) in [7, 11) is 0. The highest BCUT2D eigenvalue weighted by atomic mass is 79.9. The smallest absolute Gasteiger partial charge is 0.137 e. The van der Waals surface area contributed by atoms with Gasteiger partial charge in [-0.15, -0.1) is 0 Å². The number of fused-ring (bicyclic) bond motifs is 4. The summed E-state index contributed by atoms with van der Waals surface area (Å²) >= 11 is 3.75. The summed E-state index contributed by atoms with van der Waals surface area (Å²) in [4.78, 5) is 2.32. The zero-order valence-corrected chi connectivity index (χ0v) is 21.5. The predicted molar refractivity (Wildman–Crippen MR) is 159 cm³/mol. The number of rotatable bonds is 4. The fourth-order valence-electron chi connectivity index (χ4n) is 5.16. The van der Waals surface area contributed by atoms with Crippen LogP contribution < -0.4 is 4.90 Å². The van der Waals surface area contributed by atoms with Crippen LogP contribution >= 0.6 is 15.9 Å². The first-order chi connectivity index (χ1) is 18.3. The fourth-order valence-corrected chi connectivity index (χ4v) is 5.63.